The predicted molar refractivity (Wildman–Crippen MR) is 113 cm³/mol. The molecule has 12 heteroatoms. The lowest BCUT2D eigenvalue weighted by atomic mass is 10.0. The molecule has 4 rings (SSSR count). The molecular formula is C22H15F4N5O3. The molecule has 34 heavy (non-hydrogen) atoms. The molecule has 3 aromatic heterocycles. The van der Waals surface area contributed by atoms with Crippen molar-refractivity contribution in [3.8, 4) is 22.9 Å². The molecule has 0 bridgehead atoms. The molecule has 174 valence electrons. The summed E-state index contributed by atoms with van der Waals surface area (Å²) in [7, 11) is 0. The van der Waals surface area contributed by atoms with E-state index >= 15 is 0 Å². The average molecular weight is 473 g/mol. The van der Waals surface area contributed by atoms with Gasteiger partial charge in [-0.05, 0) is 43.2 Å². The summed E-state index contributed by atoms with van der Waals surface area (Å²) in [5.41, 5.74) is 2.98. The number of rotatable bonds is 4. The molecule has 4 aromatic rings. The number of halogens is 4. The summed E-state index contributed by atoms with van der Waals surface area (Å²) in [5, 5.41) is 7.01. The van der Waals surface area contributed by atoms with Crippen LogP contribution in [0.2, 0.25) is 0 Å². The number of primary amides is 1. The minimum absolute atomic E-state index is 0.0204. The van der Waals surface area contributed by atoms with Crippen molar-refractivity contribution >= 4 is 16.8 Å². The largest absolute Gasteiger partial charge is 0.438 e. The molecule has 0 aliphatic carbocycles. The summed E-state index contributed by atoms with van der Waals surface area (Å²) in [5.74, 6) is -1.62. The van der Waals surface area contributed by atoms with Crippen molar-refractivity contribution in [2.24, 2.45) is 5.73 Å². The predicted octanol–water partition coefficient (Wildman–Crippen LogP) is 4.05. The van der Waals surface area contributed by atoms with Crippen molar-refractivity contribution < 1.29 is 27.1 Å². The minimum Gasteiger partial charge on any atom is -0.438 e. The van der Waals surface area contributed by atoms with Gasteiger partial charge in [-0.15, -0.1) is 5.10 Å². The summed E-state index contributed by atoms with van der Waals surface area (Å²) in [6, 6.07) is 4.61. The van der Waals surface area contributed by atoms with Gasteiger partial charge in [0, 0.05) is 12.3 Å². The Morgan fingerprint density at radius 1 is 1.15 bits per heavy atom. The lowest BCUT2D eigenvalue weighted by Gasteiger charge is -2.18. The van der Waals surface area contributed by atoms with Crippen LogP contribution in [0.1, 0.15) is 27.2 Å². The fourth-order valence-corrected chi connectivity index (χ4v) is 3.51. The van der Waals surface area contributed by atoms with Crippen LogP contribution in [-0.2, 0) is 6.18 Å². The zero-order valence-electron chi connectivity index (χ0n) is 17.6. The molecule has 0 radical (unpaired) electrons. The number of nitrogens with two attached hydrogens (primary N) is 1. The number of alkyl halides is 3. The Morgan fingerprint density at radius 2 is 1.88 bits per heavy atom. The maximum absolute atomic E-state index is 13.6. The standard InChI is InChI=1S/C22H15F4N5O3/c1-9-5-11(23)3-4-16(9)34-21-17(10(2)12(7-28-21)22(24,25)26)13-6-15(32)18-14(30-13)8-29-31-19(18)20(27)33/h3-8H,1-2H3,(H2,27,33)(H,30,32). The number of carbonyl (C=O) groups excluding carboxylic acids is 1. The quantitative estimate of drug-likeness (QED) is 0.431. The first kappa shape index (κ1) is 22.8. The number of H-pyrrole nitrogens is 1. The van der Waals surface area contributed by atoms with Crippen LogP contribution in [0, 0.1) is 19.7 Å². The molecule has 1 amide bonds. The van der Waals surface area contributed by atoms with Gasteiger partial charge < -0.3 is 15.5 Å². The fraction of sp³-hybridized carbons (Fsp3) is 0.136. The molecule has 0 aliphatic rings. The van der Waals surface area contributed by atoms with E-state index in [4.69, 9.17) is 10.5 Å². The summed E-state index contributed by atoms with van der Waals surface area (Å²) < 4.78 is 60.1. The van der Waals surface area contributed by atoms with E-state index in [9.17, 15) is 27.2 Å². The molecule has 8 nitrogen and oxygen atoms in total. The van der Waals surface area contributed by atoms with Gasteiger partial charge in [0.15, 0.2) is 11.1 Å². The van der Waals surface area contributed by atoms with Crippen LogP contribution >= 0.6 is 0 Å². The van der Waals surface area contributed by atoms with Crippen molar-refractivity contribution in [1.29, 1.82) is 0 Å². The molecule has 0 spiro atoms. The number of hydrogen-bond acceptors (Lipinski definition) is 6. The van der Waals surface area contributed by atoms with Gasteiger partial charge in [-0.3, -0.25) is 9.59 Å². The lowest BCUT2D eigenvalue weighted by molar-refractivity contribution is -0.138. The van der Waals surface area contributed by atoms with Crippen LogP contribution in [0.5, 0.6) is 11.6 Å². The normalized spacial score (nSPS) is 11.6. The van der Waals surface area contributed by atoms with Crippen molar-refractivity contribution in [2.45, 2.75) is 20.0 Å². The van der Waals surface area contributed by atoms with Crippen LogP contribution in [0.25, 0.3) is 22.2 Å². The highest BCUT2D eigenvalue weighted by molar-refractivity contribution is 6.03. The van der Waals surface area contributed by atoms with Gasteiger partial charge >= 0.3 is 6.18 Å². The van der Waals surface area contributed by atoms with Crippen LogP contribution in [-0.4, -0.2) is 26.1 Å². The number of ether oxygens (including phenoxy) is 1. The number of aromatic amines is 1. The molecule has 1 aromatic carbocycles. The highest BCUT2D eigenvalue weighted by atomic mass is 19.4. The number of hydrogen-bond donors (Lipinski definition) is 2. The zero-order valence-corrected chi connectivity index (χ0v) is 17.6. The fourth-order valence-electron chi connectivity index (χ4n) is 3.51. The van der Waals surface area contributed by atoms with Crippen molar-refractivity contribution in [3.63, 3.8) is 0 Å². The molecule has 0 saturated carbocycles. The first-order valence-electron chi connectivity index (χ1n) is 9.67. The molecular weight excluding hydrogens is 458 g/mol. The Bertz CT molecular complexity index is 1520. The number of nitrogens with one attached hydrogen (secondary N) is 1. The number of fused-ring (bicyclic) bond motifs is 1. The molecule has 0 unspecified atom stereocenters. The first-order valence-corrected chi connectivity index (χ1v) is 9.67. The second-order valence-electron chi connectivity index (χ2n) is 7.38. The van der Waals surface area contributed by atoms with Gasteiger partial charge in [-0.25, -0.2) is 9.37 Å². The second kappa shape index (κ2) is 8.21. The molecule has 3 heterocycles. The van der Waals surface area contributed by atoms with Crippen LogP contribution < -0.4 is 15.9 Å². The summed E-state index contributed by atoms with van der Waals surface area (Å²) in [6.07, 6.45) is -2.99. The SMILES string of the molecule is Cc1cc(F)ccc1Oc1ncc(C(F)(F)F)c(C)c1-c1cc(=O)c2c(C(N)=O)nncc2[nH]1. The van der Waals surface area contributed by atoms with Crippen LogP contribution in [0.15, 0.2) is 41.5 Å². The monoisotopic (exact) mass is 473 g/mol. The second-order valence-corrected chi connectivity index (χ2v) is 7.38. The topological polar surface area (TPSA) is 124 Å². The van der Waals surface area contributed by atoms with E-state index < -0.39 is 28.9 Å². The molecule has 0 aliphatic heterocycles. The van der Waals surface area contributed by atoms with E-state index in [2.05, 4.69) is 20.2 Å². The Hall–Kier alpha value is -4.35. The lowest BCUT2D eigenvalue weighted by Crippen LogP contribution is -2.19. The maximum Gasteiger partial charge on any atom is 0.418 e. The third-order valence-corrected chi connectivity index (χ3v) is 5.10. The molecule has 3 N–H and O–H groups in total. The van der Waals surface area contributed by atoms with E-state index in [0.29, 0.717) is 11.8 Å². The van der Waals surface area contributed by atoms with Crippen LogP contribution in [0.4, 0.5) is 17.6 Å². The van der Waals surface area contributed by atoms with Crippen molar-refractivity contribution in [3.05, 3.63) is 75.1 Å². The molecule has 0 atom stereocenters. The molecule has 0 saturated heterocycles. The highest BCUT2D eigenvalue weighted by Gasteiger charge is 2.35. The zero-order chi connectivity index (χ0) is 24.8. The number of amides is 1. The number of aryl methyl sites for hydroxylation is 1. The number of carbonyl (C=O) groups is 1. The van der Waals surface area contributed by atoms with Gasteiger partial charge in [0.2, 0.25) is 5.88 Å². The van der Waals surface area contributed by atoms with Crippen molar-refractivity contribution in [1.82, 2.24) is 20.2 Å². The number of nitrogens with zero attached hydrogens (tertiary/aromatic N) is 3. The Morgan fingerprint density at radius 3 is 2.53 bits per heavy atom. The van der Waals surface area contributed by atoms with E-state index in [-0.39, 0.29) is 45.0 Å². The first-order chi connectivity index (χ1) is 16.0. The number of pyridine rings is 2. The Kier molecular flexibility index (Phi) is 5.51. The van der Waals surface area contributed by atoms with Gasteiger partial charge in [0.1, 0.15) is 11.6 Å². The Labute approximate surface area is 188 Å². The van der Waals surface area contributed by atoms with Crippen LogP contribution in [0.3, 0.4) is 0 Å². The van der Waals surface area contributed by atoms with Gasteiger partial charge in [0.25, 0.3) is 5.91 Å². The van der Waals surface area contributed by atoms with Gasteiger partial charge in [0.05, 0.1) is 33.9 Å². The molecule has 0 fully saturated rings. The maximum atomic E-state index is 13.6. The third-order valence-electron chi connectivity index (χ3n) is 5.10. The third kappa shape index (κ3) is 4.05. The highest BCUT2D eigenvalue weighted by Crippen LogP contribution is 2.41. The number of aromatic nitrogens is 4. The average Bonchev–Trinajstić information content (AvgIpc) is 2.74. The minimum atomic E-state index is -4.74. The van der Waals surface area contributed by atoms with E-state index in [1.165, 1.54) is 19.1 Å². The Balaban J connectivity index is 1.99. The van der Waals surface area contributed by atoms with Gasteiger partial charge in [-0.1, -0.05) is 0 Å². The smallest absolute Gasteiger partial charge is 0.418 e. The summed E-state index contributed by atoms with van der Waals surface area (Å²) in [6.45, 7) is 2.75. The van der Waals surface area contributed by atoms with E-state index in [0.717, 1.165) is 18.3 Å². The number of benzene rings is 1. The van der Waals surface area contributed by atoms with Crippen molar-refractivity contribution in [2.75, 3.05) is 0 Å². The summed E-state index contributed by atoms with van der Waals surface area (Å²) in [4.78, 5) is 31.1. The van der Waals surface area contributed by atoms with Gasteiger partial charge in [-0.2, -0.15) is 18.3 Å². The summed E-state index contributed by atoms with van der Waals surface area (Å²) >= 11 is 0. The van der Waals surface area contributed by atoms with E-state index in [1.54, 1.807) is 6.92 Å². The van der Waals surface area contributed by atoms with E-state index in [1.807, 2.05) is 0 Å².